The van der Waals surface area contributed by atoms with Crippen LogP contribution in [-0.2, 0) is 9.53 Å². The van der Waals surface area contributed by atoms with Crippen molar-refractivity contribution in [3.8, 4) is 0 Å². The van der Waals surface area contributed by atoms with E-state index in [0.29, 0.717) is 0 Å². The van der Waals surface area contributed by atoms with Gasteiger partial charge in [-0.15, -0.1) is 0 Å². The van der Waals surface area contributed by atoms with Crippen molar-refractivity contribution in [3.05, 3.63) is 34.2 Å². The Morgan fingerprint density at radius 2 is 2.28 bits per heavy atom. The van der Waals surface area contributed by atoms with Gasteiger partial charge in [-0.2, -0.15) is 0 Å². The van der Waals surface area contributed by atoms with Gasteiger partial charge in [-0.25, -0.2) is 4.79 Å². The molecule has 0 spiro atoms. The monoisotopic (exact) mass is 252 g/mol. The number of amides is 1. The van der Waals surface area contributed by atoms with E-state index in [-0.39, 0.29) is 25.2 Å². The smallest absolute Gasteiger partial charge is 0.331 e. The number of hydrogen-bond acceptors (Lipinski definition) is 4. The minimum atomic E-state index is -1.45. The van der Waals surface area contributed by atoms with Gasteiger partial charge >= 0.3 is 5.97 Å². The van der Waals surface area contributed by atoms with Crippen molar-refractivity contribution >= 4 is 11.9 Å². The van der Waals surface area contributed by atoms with Gasteiger partial charge in [-0.1, -0.05) is 0 Å². The number of carbonyl (C=O) groups excluding carboxylic acids is 1. The van der Waals surface area contributed by atoms with Gasteiger partial charge in [-0.3, -0.25) is 9.59 Å². The molecule has 3 N–H and O–H groups in total. The fourth-order valence-electron chi connectivity index (χ4n) is 1.77. The third-order valence-corrected chi connectivity index (χ3v) is 2.85. The molecule has 7 nitrogen and oxygen atoms in total. The number of H-pyrrole nitrogens is 1. The van der Waals surface area contributed by atoms with Gasteiger partial charge in [0.05, 0.1) is 6.61 Å². The molecule has 2 heterocycles. The quantitative estimate of drug-likeness (QED) is 0.662. The molecule has 0 aliphatic carbocycles. The van der Waals surface area contributed by atoms with Crippen molar-refractivity contribution in [2.45, 2.75) is 12.0 Å². The first kappa shape index (κ1) is 12.3. The Labute approximate surface area is 102 Å². The molecular formula is C11H12N2O5. The van der Waals surface area contributed by atoms with Crippen LogP contribution in [0, 0.1) is 0 Å². The second kappa shape index (κ2) is 4.61. The first-order valence-electron chi connectivity index (χ1n) is 5.36. The summed E-state index contributed by atoms with van der Waals surface area (Å²) in [6.45, 7) is 0.163. The van der Waals surface area contributed by atoms with Crippen molar-refractivity contribution in [3.63, 3.8) is 0 Å². The number of aromatic amines is 1. The maximum atomic E-state index is 11.9. The van der Waals surface area contributed by atoms with E-state index in [1.165, 1.54) is 18.3 Å². The lowest BCUT2D eigenvalue weighted by Crippen LogP contribution is -2.55. The molecule has 18 heavy (non-hydrogen) atoms. The molecule has 1 atom stereocenters. The Bertz CT molecular complexity index is 530. The van der Waals surface area contributed by atoms with Crippen LogP contribution in [0.15, 0.2) is 23.1 Å². The molecule has 1 fully saturated rings. The second-order valence-corrected chi connectivity index (χ2v) is 4.06. The van der Waals surface area contributed by atoms with Gasteiger partial charge in [0, 0.05) is 19.2 Å². The summed E-state index contributed by atoms with van der Waals surface area (Å²) in [6.07, 6.45) is 1.57. The molecule has 1 unspecified atom stereocenters. The number of pyridine rings is 1. The average molecular weight is 252 g/mol. The predicted molar refractivity (Wildman–Crippen MR) is 60.3 cm³/mol. The maximum absolute atomic E-state index is 11.9. The fourth-order valence-corrected chi connectivity index (χ4v) is 1.77. The van der Waals surface area contributed by atoms with Crippen molar-refractivity contribution < 1.29 is 19.4 Å². The zero-order valence-corrected chi connectivity index (χ0v) is 9.43. The standard InChI is InChI=1S/C11H12N2O5/c14-8-7(2-1-4-12-8)9(15)13-11(10(16)17)3-5-18-6-11/h1-2,4H,3,5-6H2,(H,12,14)(H,13,15)(H,16,17). The Balaban J connectivity index is 2.23. The lowest BCUT2D eigenvalue weighted by molar-refractivity contribution is -0.144. The van der Waals surface area contributed by atoms with E-state index in [0.717, 1.165) is 0 Å². The molecule has 1 saturated heterocycles. The molecule has 1 aliphatic rings. The topological polar surface area (TPSA) is 108 Å². The Morgan fingerprint density at radius 1 is 1.50 bits per heavy atom. The summed E-state index contributed by atoms with van der Waals surface area (Å²) in [4.78, 5) is 36.8. The number of carboxylic acid groups (broad SMARTS) is 1. The number of carbonyl (C=O) groups is 2. The molecule has 7 heteroatoms. The Kier molecular flexibility index (Phi) is 3.15. The van der Waals surface area contributed by atoms with Crippen molar-refractivity contribution in [2.75, 3.05) is 13.2 Å². The van der Waals surface area contributed by atoms with Gasteiger partial charge in [-0.05, 0) is 12.1 Å². The molecule has 0 aromatic carbocycles. The van der Waals surface area contributed by atoms with Crippen LogP contribution in [0.1, 0.15) is 16.8 Å². The van der Waals surface area contributed by atoms with E-state index < -0.39 is 23.0 Å². The molecule has 0 saturated carbocycles. The number of nitrogens with one attached hydrogen (secondary N) is 2. The Hall–Kier alpha value is -2.15. The molecule has 96 valence electrons. The van der Waals surface area contributed by atoms with E-state index >= 15 is 0 Å². The van der Waals surface area contributed by atoms with E-state index in [2.05, 4.69) is 10.3 Å². The normalized spacial score (nSPS) is 22.7. The van der Waals surface area contributed by atoms with Crippen molar-refractivity contribution in [1.29, 1.82) is 0 Å². The highest BCUT2D eigenvalue weighted by Crippen LogP contribution is 2.19. The van der Waals surface area contributed by atoms with E-state index in [9.17, 15) is 14.4 Å². The lowest BCUT2D eigenvalue weighted by Gasteiger charge is -2.23. The van der Waals surface area contributed by atoms with Gasteiger partial charge < -0.3 is 20.1 Å². The van der Waals surface area contributed by atoms with Crippen molar-refractivity contribution in [2.24, 2.45) is 0 Å². The number of ether oxygens (including phenoxy) is 1. The molecule has 0 bridgehead atoms. The molecule has 1 aliphatic heterocycles. The van der Waals surface area contributed by atoms with Crippen LogP contribution < -0.4 is 10.9 Å². The number of aromatic nitrogens is 1. The summed E-state index contributed by atoms with van der Waals surface area (Å²) >= 11 is 0. The largest absolute Gasteiger partial charge is 0.479 e. The molecule has 0 radical (unpaired) electrons. The zero-order valence-electron chi connectivity index (χ0n) is 9.43. The molecule has 1 aromatic rings. The van der Waals surface area contributed by atoms with Crippen LogP contribution in [-0.4, -0.2) is 40.7 Å². The summed E-state index contributed by atoms with van der Waals surface area (Å²) in [5.74, 6) is -1.88. The number of hydrogen-bond donors (Lipinski definition) is 3. The third-order valence-electron chi connectivity index (χ3n) is 2.85. The summed E-state index contributed by atoms with van der Waals surface area (Å²) in [5, 5.41) is 11.5. The van der Waals surface area contributed by atoms with Gasteiger partial charge in [0.1, 0.15) is 5.56 Å². The van der Waals surface area contributed by atoms with E-state index in [1.807, 2.05) is 0 Å². The molecular weight excluding hydrogens is 240 g/mol. The van der Waals surface area contributed by atoms with Crippen LogP contribution in [0.3, 0.4) is 0 Å². The minimum Gasteiger partial charge on any atom is -0.479 e. The number of carboxylic acids is 1. The molecule has 1 amide bonds. The highest BCUT2D eigenvalue weighted by Gasteiger charge is 2.44. The van der Waals surface area contributed by atoms with Gasteiger partial charge in [0.15, 0.2) is 5.54 Å². The first-order valence-corrected chi connectivity index (χ1v) is 5.36. The summed E-state index contributed by atoms with van der Waals surface area (Å²) < 4.78 is 5.01. The van der Waals surface area contributed by atoms with Crippen LogP contribution >= 0.6 is 0 Å². The summed E-state index contributed by atoms with van der Waals surface area (Å²) in [5.41, 5.74) is -2.13. The summed E-state index contributed by atoms with van der Waals surface area (Å²) in [7, 11) is 0. The first-order chi connectivity index (χ1) is 8.55. The van der Waals surface area contributed by atoms with Crippen LogP contribution in [0.4, 0.5) is 0 Å². The highest BCUT2D eigenvalue weighted by molar-refractivity contribution is 5.97. The van der Waals surface area contributed by atoms with Crippen molar-refractivity contribution in [1.82, 2.24) is 10.3 Å². The fraction of sp³-hybridized carbons (Fsp3) is 0.364. The number of rotatable bonds is 3. The third kappa shape index (κ3) is 2.12. The van der Waals surface area contributed by atoms with Crippen LogP contribution in [0.5, 0.6) is 0 Å². The number of aliphatic carboxylic acids is 1. The van der Waals surface area contributed by atoms with Crippen LogP contribution in [0.25, 0.3) is 0 Å². The van der Waals surface area contributed by atoms with Gasteiger partial charge in [0.25, 0.3) is 11.5 Å². The lowest BCUT2D eigenvalue weighted by atomic mass is 9.98. The second-order valence-electron chi connectivity index (χ2n) is 4.06. The highest BCUT2D eigenvalue weighted by atomic mass is 16.5. The summed E-state index contributed by atoms with van der Waals surface area (Å²) in [6, 6.07) is 2.83. The molecule has 2 rings (SSSR count). The zero-order chi connectivity index (χ0) is 13.2. The van der Waals surface area contributed by atoms with E-state index in [4.69, 9.17) is 9.84 Å². The van der Waals surface area contributed by atoms with Gasteiger partial charge in [0.2, 0.25) is 0 Å². The predicted octanol–water partition coefficient (Wildman–Crippen LogP) is -0.652. The maximum Gasteiger partial charge on any atom is 0.331 e. The Morgan fingerprint density at radius 3 is 2.83 bits per heavy atom. The van der Waals surface area contributed by atoms with E-state index in [1.54, 1.807) is 0 Å². The molecule has 1 aromatic heterocycles. The average Bonchev–Trinajstić information content (AvgIpc) is 2.79. The minimum absolute atomic E-state index is 0.0984. The van der Waals surface area contributed by atoms with Crippen LogP contribution in [0.2, 0.25) is 0 Å². The SMILES string of the molecule is O=C(NC1(C(=O)O)CCOC1)c1ccc[nH]c1=O.